The highest BCUT2D eigenvalue weighted by atomic mass is 15.1. The molecule has 0 aliphatic heterocycles. The number of hydrogen-bond donors (Lipinski definition) is 2. The number of nitrogens with two attached hydrogens (primary N) is 1. The molecule has 0 aliphatic rings. The lowest BCUT2D eigenvalue weighted by molar-refractivity contribution is 0.909. The molecule has 4 heteroatoms. The summed E-state index contributed by atoms with van der Waals surface area (Å²) in [5.41, 5.74) is 8.58. The van der Waals surface area contributed by atoms with Gasteiger partial charge in [0.1, 0.15) is 5.52 Å². The maximum Gasteiger partial charge on any atom is 0.111 e. The summed E-state index contributed by atoms with van der Waals surface area (Å²) in [7, 11) is 0. The number of benzene rings is 1. The van der Waals surface area contributed by atoms with Gasteiger partial charge in [-0.05, 0) is 12.6 Å². The molecule has 1 aromatic carbocycles. The number of pyridine rings is 1. The second kappa shape index (κ2) is 3.57. The van der Waals surface area contributed by atoms with E-state index in [1.165, 1.54) is 0 Å². The van der Waals surface area contributed by atoms with Crippen LogP contribution >= 0.6 is 0 Å². The maximum absolute atomic E-state index is 5.59. The summed E-state index contributed by atoms with van der Waals surface area (Å²) in [4.78, 5) is 4.37. The first kappa shape index (κ1) is 9.30. The molecule has 0 amide bonds. The van der Waals surface area contributed by atoms with E-state index in [2.05, 4.69) is 21.2 Å². The Hall–Kier alpha value is -1.94. The van der Waals surface area contributed by atoms with Crippen molar-refractivity contribution in [3.05, 3.63) is 36.2 Å². The van der Waals surface area contributed by atoms with Crippen molar-refractivity contribution in [1.29, 1.82) is 0 Å². The molecule has 0 fully saturated rings. The van der Waals surface area contributed by atoms with Gasteiger partial charge >= 0.3 is 0 Å². The van der Waals surface area contributed by atoms with Gasteiger partial charge in [0.2, 0.25) is 0 Å². The highest BCUT2D eigenvalue weighted by molar-refractivity contribution is 6.05. The Balaban J connectivity index is 2.42. The van der Waals surface area contributed by atoms with E-state index in [4.69, 9.17) is 5.73 Å². The van der Waals surface area contributed by atoms with Crippen molar-refractivity contribution in [2.75, 3.05) is 6.54 Å². The van der Waals surface area contributed by atoms with Crippen LogP contribution in [0.4, 0.5) is 0 Å². The Labute approximate surface area is 92.5 Å². The zero-order valence-electron chi connectivity index (χ0n) is 8.77. The number of H-pyrrole nitrogens is 1. The lowest BCUT2D eigenvalue weighted by Gasteiger charge is -2.00. The smallest absolute Gasteiger partial charge is 0.111 e. The second-order valence-corrected chi connectivity index (χ2v) is 3.78. The van der Waals surface area contributed by atoms with Crippen LogP contribution in [0.15, 0.2) is 30.5 Å². The summed E-state index contributed by atoms with van der Waals surface area (Å²) in [5.74, 6) is 0. The van der Waals surface area contributed by atoms with Gasteiger partial charge in [-0.3, -0.25) is 10.1 Å². The predicted octanol–water partition coefficient (Wildman–Crippen LogP) is 1.61. The summed E-state index contributed by atoms with van der Waals surface area (Å²) in [6, 6.07) is 8.08. The quantitative estimate of drug-likeness (QED) is 0.678. The van der Waals surface area contributed by atoms with E-state index in [0.717, 1.165) is 33.9 Å². The van der Waals surface area contributed by atoms with Crippen LogP contribution in [0.2, 0.25) is 0 Å². The molecule has 0 saturated heterocycles. The minimum atomic E-state index is 0.619. The van der Waals surface area contributed by atoms with Crippen molar-refractivity contribution in [3.8, 4) is 0 Å². The van der Waals surface area contributed by atoms with E-state index in [1.807, 2.05) is 18.2 Å². The van der Waals surface area contributed by atoms with Crippen LogP contribution in [0, 0.1) is 0 Å². The van der Waals surface area contributed by atoms with E-state index < -0.39 is 0 Å². The molecule has 0 aliphatic carbocycles. The molecule has 3 N–H and O–H groups in total. The van der Waals surface area contributed by atoms with E-state index in [0.29, 0.717) is 6.54 Å². The van der Waals surface area contributed by atoms with Crippen molar-refractivity contribution in [3.63, 3.8) is 0 Å². The predicted molar refractivity (Wildman–Crippen MR) is 64.2 cm³/mol. The summed E-state index contributed by atoms with van der Waals surface area (Å²) in [6.07, 6.45) is 2.61. The minimum absolute atomic E-state index is 0.619. The summed E-state index contributed by atoms with van der Waals surface area (Å²) in [6.45, 7) is 0.619. The van der Waals surface area contributed by atoms with Crippen molar-refractivity contribution >= 4 is 21.8 Å². The molecule has 4 nitrogen and oxygen atoms in total. The van der Waals surface area contributed by atoms with Gasteiger partial charge in [0.25, 0.3) is 0 Å². The first-order valence-corrected chi connectivity index (χ1v) is 5.31. The van der Waals surface area contributed by atoms with Crippen molar-refractivity contribution in [2.24, 2.45) is 5.73 Å². The topological polar surface area (TPSA) is 67.6 Å². The molecule has 3 aromatic rings. The van der Waals surface area contributed by atoms with E-state index >= 15 is 0 Å². The molecular weight excluding hydrogens is 200 g/mol. The second-order valence-electron chi connectivity index (χ2n) is 3.78. The number of hydrogen-bond acceptors (Lipinski definition) is 3. The van der Waals surface area contributed by atoms with Crippen LogP contribution < -0.4 is 5.73 Å². The highest BCUT2D eigenvalue weighted by Crippen LogP contribution is 2.24. The van der Waals surface area contributed by atoms with Gasteiger partial charge in [-0.1, -0.05) is 18.2 Å². The lowest BCUT2D eigenvalue weighted by Crippen LogP contribution is -2.03. The summed E-state index contributed by atoms with van der Waals surface area (Å²) < 4.78 is 0. The third kappa shape index (κ3) is 1.27. The highest BCUT2D eigenvalue weighted by Gasteiger charge is 2.08. The number of aromatic nitrogens is 3. The number of nitrogens with one attached hydrogen (secondary N) is 1. The fourth-order valence-corrected chi connectivity index (χ4v) is 2.04. The lowest BCUT2D eigenvalue weighted by atomic mass is 10.1. The fraction of sp³-hybridized carbons (Fsp3) is 0.167. The van der Waals surface area contributed by atoms with Gasteiger partial charge in [-0.25, -0.2) is 0 Å². The normalized spacial score (nSPS) is 11.3. The Kier molecular flexibility index (Phi) is 2.08. The van der Waals surface area contributed by atoms with Crippen LogP contribution in [0.5, 0.6) is 0 Å². The van der Waals surface area contributed by atoms with Gasteiger partial charge in [-0.2, -0.15) is 5.10 Å². The molecule has 0 unspecified atom stereocenters. The molecule has 2 aromatic heterocycles. The van der Waals surface area contributed by atoms with Crippen molar-refractivity contribution in [2.45, 2.75) is 6.42 Å². The minimum Gasteiger partial charge on any atom is -0.330 e. The Morgan fingerprint density at radius 2 is 2.06 bits per heavy atom. The van der Waals surface area contributed by atoms with Gasteiger partial charge in [-0.15, -0.1) is 0 Å². The molecule has 0 spiro atoms. The zero-order chi connectivity index (χ0) is 11.0. The van der Waals surface area contributed by atoms with Gasteiger partial charge < -0.3 is 5.73 Å². The third-order valence-corrected chi connectivity index (χ3v) is 2.76. The first-order chi connectivity index (χ1) is 7.90. The molecule has 16 heavy (non-hydrogen) atoms. The van der Waals surface area contributed by atoms with Crippen LogP contribution in [-0.4, -0.2) is 21.7 Å². The molecule has 0 radical (unpaired) electrons. The number of fused-ring (bicyclic) bond motifs is 3. The largest absolute Gasteiger partial charge is 0.330 e. The standard InChI is InChI=1S/C12H12N4/c13-6-5-10-12-8-3-1-2-4-9(8)14-7-11(12)16-15-10/h1-4,7H,5-6,13H2,(H,15,16). The third-order valence-electron chi connectivity index (χ3n) is 2.76. The Morgan fingerprint density at radius 1 is 1.19 bits per heavy atom. The van der Waals surface area contributed by atoms with Crippen LogP contribution in [0.1, 0.15) is 5.69 Å². The van der Waals surface area contributed by atoms with Gasteiger partial charge in [0.15, 0.2) is 0 Å². The Morgan fingerprint density at radius 3 is 2.94 bits per heavy atom. The molecule has 0 bridgehead atoms. The molecule has 0 atom stereocenters. The zero-order valence-corrected chi connectivity index (χ0v) is 8.77. The fourth-order valence-electron chi connectivity index (χ4n) is 2.04. The molecular formula is C12H12N4. The van der Waals surface area contributed by atoms with E-state index in [1.54, 1.807) is 6.20 Å². The van der Waals surface area contributed by atoms with Crippen molar-refractivity contribution in [1.82, 2.24) is 15.2 Å². The molecule has 0 saturated carbocycles. The maximum atomic E-state index is 5.59. The summed E-state index contributed by atoms with van der Waals surface area (Å²) in [5, 5.41) is 9.57. The molecule has 2 heterocycles. The summed E-state index contributed by atoms with van der Waals surface area (Å²) >= 11 is 0. The van der Waals surface area contributed by atoms with Gasteiger partial charge in [0.05, 0.1) is 11.7 Å². The Bertz CT molecular complexity index is 642. The first-order valence-electron chi connectivity index (χ1n) is 5.31. The average molecular weight is 212 g/mol. The van der Waals surface area contributed by atoms with Crippen LogP contribution in [0.3, 0.4) is 0 Å². The number of nitrogens with zero attached hydrogens (tertiary/aromatic N) is 2. The van der Waals surface area contributed by atoms with Crippen LogP contribution in [-0.2, 0) is 6.42 Å². The van der Waals surface area contributed by atoms with Crippen molar-refractivity contribution < 1.29 is 0 Å². The SMILES string of the molecule is NCCc1[nH]nc2cnc3ccccc3c12. The van der Waals surface area contributed by atoms with E-state index in [9.17, 15) is 0 Å². The average Bonchev–Trinajstić information content (AvgIpc) is 2.73. The van der Waals surface area contributed by atoms with Gasteiger partial charge in [0, 0.05) is 22.9 Å². The molecule has 80 valence electrons. The van der Waals surface area contributed by atoms with Crippen LogP contribution in [0.25, 0.3) is 21.8 Å². The monoisotopic (exact) mass is 212 g/mol. The molecule has 3 rings (SSSR count). The number of rotatable bonds is 2. The number of aromatic amines is 1. The number of para-hydroxylation sites is 1. The van der Waals surface area contributed by atoms with E-state index in [-0.39, 0.29) is 0 Å².